The van der Waals surface area contributed by atoms with Crippen molar-refractivity contribution < 1.29 is 32.3 Å². The van der Waals surface area contributed by atoms with Crippen LogP contribution in [0.1, 0.15) is 79.1 Å². The van der Waals surface area contributed by atoms with Gasteiger partial charge in [0.05, 0.1) is 6.04 Å². The molecular weight excluding hydrogens is 606 g/mol. The van der Waals surface area contributed by atoms with Crippen LogP contribution >= 0.6 is 11.3 Å². The number of hydrogen-bond donors (Lipinski definition) is 1. The zero-order valence-corrected chi connectivity index (χ0v) is 26.4. The van der Waals surface area contributed by atoms with Gasteiger partial charge in [-0.3, -0.25) is 4.79 Å². The Hall–Kier alpha value is -4.46. The first-order valence-corrected chi connectivity index (χ1v) is 15.3. The molecule has 0 radical (unpaired) electrons. The molecule has 1 aliphatic heterocycles. The summed E-state index contributed by atoms with van der Waals surface area (Å²) in [6.07, 6.45) is 1.06. The number of aromatic nitrogens is 4. The standard InChI is InChI=1S/C31H34F2N6O5S/c1-18-17-45-25(34-18)22-12-9-13-39(22)26(40)20-14-21(35-23(15-20)42-28(32)33)24-37-38-27(43-24)31(5,16-19-10-7-6-8-11-19)36-29(41)44-30(2,3)4/h6-8,10-11,14-15,17,22,28H,9,12-13,16H2,1-5H3,(H,36,41)/t22-,31-/m1/s1. The zero-order chi connectivity index (χ0) is 32.4. The fraction of sp³-hybridized carbons (Fsp3) is 0.419. The first-order valence-electron chi connectivity index (χ1n) is 14.4. The number of halogens is 2. The van der Waals surface area contributed by atoms with E-state index in [0.717, 1.165) is 29.1 Å². The van der Waals surface area contributed by atoms with Crippen molar-refractivity contribution in [3.63, 3.8) is 0 Å². The van der Waals surface area contributed by atoms with Gasteiger partial charge in [-0.05, 0) is 59.1 Å². The summed E-state index contributed by atoms with van der Waals surface area (Å²) in [6, 6.07) is 11.7. The minimum absolute atomic E-state index is 0.0146. The second-order valence-corrected chi connectivity index (χ2v) is 12.9. The number of pyridine rings is 1. The van der Waals surface area contributed by atoms with Gasteiger partial charge >= 0.3 is 12.7 Å². The van der Waals surface area contributed by atoms with Crippen LogP contribution in [-0.2, 0) is 16.7 Å². The van der Waals surface area contributed by atoms with Crippen LogP contribution in [0.2, 0.25) is 0 Å². The highest BCUT2D eigenvalue weighted by molar-refractivity contribution is 7.09. The minimum Gasteiger partial charge on any atom is -0.444 e. The van der Waals surface area contributed by atoms with Crippen molar-refractivity contribution in [1.82, 2.24) is 30.4 Å². The molecule has 1 N–H and O–H groups in total. The monoisotopic (exact) mass is 640 g/mol. The minimum atomic E-state index is -3.18. The quantitative estimate of drug-likeness (QED) is 0.219. The summed E-state index contributed by atoms with van der Waals surface area (Å²) in [5.41, 5.74) is -0.253. The smallest absolute Gasteiger partial charge is 0.408 e. The first-order chi connectivity index (χ1) is 21.3. The summed E-state index contributed by atoms with van der Waals surface area (Å²) in [5, 5.41) is 13.9. The van der Waals surface area contributed by atoms with Gasteiger partial charge in [0.1, 0.15) is 21.8 Å². The van der Waals surface area contributed by atoms with E-state index in [9.17, 15) is 18.4 Å². The molecular formula is C31H34F2N6O5S. The molecule has 0 saturated carbocycles. The third-order valence-corrected chi connectivity index (χ3v) is 8.05. The van der Waals surface area contributed by atoms with Crippen molar-refractivity contribution in [1.29, 1.82) is 0 Å². The fourth-order valence-electron chi connectivity index (χ4n) is 5.10. The topological polar surface area (TPSA) is 133 Å². The van der Waals surface area contributed by atoms with E-state index >= 15 is 0 Å². The maximum absolute atomic E-state index is 13.8. The van der Waals surface area contributed by atoms with Crippen LogP contribution in [0.3, 0.4) is 0 Å². The van der Waals surface area contributed by atoms with E-state index in [1.807, 2.05) is 42.6 Å². The number of likely N-dealkylation sites (tertiary alicyclic amines) is 1. The van der Waals surface area contributed by atoms with Crippen LogP contribution in [0.25, 0.3) is 11.6 Å². The van der Waals surface area contributed by atoms with Crippen LogP contribution in [0.15, 0.2) is 52.3 Å². The van der Waals surface area contributed by atoms with Crippen molar-refractivity contribution in [2.45, 2.75) is 77.7 Å². The Bertz CT molecular complexity index is 1660. The summed E-state index contributed by atoms with van der Waals surface area (Å²) in [6.45, 7) is 6.11. The zero-order valence-electron chi connectivity index (χ0n) is 25.5. The van der Waals surface area contributed by atoms with Crippen LogP contribution in [0, 0.1) is 6.92 Å². The molecule has 1 aliphatic rings. The van der Waals surface area contributed by atoms with Gasteiger partial charge in [-0.15, -0.1) is 21.5 Å². The van der Waals surface area contributed by atoms with E-state index in [1.165, 1.54) is 23.5 Å². The molecule has 45 heavy (non-hydrogen) atoms. The molecule has 1 aromatic carbocycles. The van der Waals surface area contributed by atoms with Crippen molar-refractivity contribution >= 4 is 23.3 Å². The Kier molecular flexibility index (Phi) is 9.14. The van der Waals surface area contributed by atoms with Gasteiger partial charge in [-0.2, -0.15) is 8.78 Å². The Morgan fingerprint density at radius 3 is 2.56 bits per heavy atom. The van der Waals surface area contributed by atoms with Gasteiger partial charge < -0.3 is 24.1 Å². The third-order valence-electron chi connectivity index (χ3n) is 6.99. The number of rotatable bonds is 9. The molecule has 0 aliphatic carbocycles. The summed E-state index contributed by atoms with van der Waals surface area (Å²) in [7, 11) is 0. The number of benzene rings is 1. The van der Waals surface area contributed by atoms with E-state index in [4.69, 9.17) is 9.15 Å². The number of nitrogens with one attached hydrogen (secondary N) is 1. The second kappa shape index (κ2) is 12.9. The SMILES string of the molecule is Cc1csc([C@H]2CCCN2C(=O)c2cc(OC(F)F)nc(-c3nnc([C@@](C)(Cc4ccccc4)NC(=O)OC(C)(C)C)o3)c2)n1. The predicted octanol–water partition coefficient (Wildman–Crippen LogP) is 6.46. The molecule has 238 valence electrons. The average molecular weight is 641 g/mol. The maximum Gasteiger partial charge on any atom is 0.408 e. The van der Waals surface area contributed by atoms with Crippen LogP contribution in [0.5, 0.6) is 5.88 Å². The Morgan fingerprint density at radius 1 is 1.13 bits per heavy atom. The number of carbonyl (C=O) groups is 2. The van der Waals surface area contributed by atoms with E-state index in [0.29, 0.717) is 6.54 Å². The number of hydrogen-bond acceptors (Lipinski definition) is 10. The highest BCUT2D eigenvalue weighted by atomic mass is 32.1. The van der Waals surface area contributed by atoms with E-state index in [-0.39, 0.29) is 35.5 Å². The Labute approximate surface area is 263 Å². The van der Waals surface area contributed by atoms with E-state index in [1.54, 1.807) is 32.6 Å². The molecule has 1 fully saturated rings. The molecule has 11 nitrogen and oxygen atoms in total. The lowest BCUT2D eigenvalue weighted by Gasteiger charge is -2.29. The number of carbonyl (C=O) groups excluding carboxylic acids is 2. The lowest BCUT2D eigenvalue weighted by Crippen LogP contribution is -2.47. The van der Waals surface area contributed by atoms with Gasteiger partial charge in [0.2, 0.25) is 11.8 Å². The van der Waals surface area contributed by atoms with Gasteiger partial charge in [0, 0.05) is 35.7 Å². The van der Waals surface area contributed by atoms with Crippen molar-refractivity contribution in [3.8, 4) is 17.5 Å². The average Bonchev–Trinajstić information content (AvgIpc) is 3.72. The molecule has 4 heterocycles. The van der Waals surface area contributed by atoms with Gasteiger partial charge in [-0.25, -0.2) is 14.8 Å². The third kappa shape index (κ3) is 7.80. The number of nitrogens with zero attached hydrogens (tertiary/aromatic N) is 5. The van der Waals surface area contributed by atoms with E-state index in [2.05, 4.69) is 30.2 Å². The lowest BCUT2D eigenvalue weighted by molar-refractivity contribution is -0.0528. The maximum atomic E-state index is 13.8. The number of ether oxygens (including phenoxy) is 2. The summed E-state index contributed by atoms with van der Waals surface area (Å²) in [5.74, 6) is -1.02. The Morgan fingerprint density at radius 2 is 1.89 bits per heavy atom. The molecule has 2 atom stereocenters. The number of aryl methyl sites for hydroxylation is 1. The van der Waals surface area contributed by atoms with Crippen molar-refractivity contribution in [2.75, 3.05) is 6.54 Å². The van der Waals surface area contributed by atoms with Gasteiger partial charge in [0.25, 0.3) is 11.8 Å². The second-order valence-electron chi connectivity index (χ2n) is 12.0. The highest BCUT2D eigenvalue weighted by Crippen LogP contribution is 2.36. The molecule has 0 bridgehead atoms. The van der Waals surface area contributed by atoms with Crippen molar-refractivity contribution in [2.24, 2.45) is 0 Å². The van der Waals surface area contributed by atoms with Crippen LogP contribution < -0.4 is 10.1 Å². The highest BCUT2D eigenvalue weighted by Gasteiger charge is 2.37. The molecule has 3 aromatic heterocycles. The molecule has 1 saturated heterocycles. The summed E-state index contributed by atoms with van der Waals surface area (Å²) in [4.78, 5) is 37.0. The largest absolute Gasteiger partial charge is 0.444 e. The number of alkyl halides is 2. The van der Waals surface area contributed by atoms with E-state index < -0.39 is 35.6 Å². The summed E-state index contributed by atoms with van der Waals surface area (Å²) < 4.78 is 42.7. The normalized spacial score (nSPS) is 16.4. The van der Waals surface area contributed by atoms with Gasteiger partial charge in [-0.1, -0.05) is 30.3 Å². The number of alkyl carbamates (subject to hydrolysis) is 1. The molecule has 0 spiro atoms. The fourth-order valence-corrected chi connectivity index (χ4v) is 6.05. The number of amides is 2. The van der Waals surface area contributed by atoms with Gasteiger partial charge in [0.15, 0.2) is 0 Å². The van der Waals surface area contributed by atoms with Crippen LogP contribution in [-0.4, -0.2) is 55.8 Å². The molecule has 4 aromatic rings. The first kappa shape index (κ1) is 31.9. The lowest BCUT2D eigenvalue weighted by atomic mass is 9.92. The van der Waals surface area contributed by atoms with Crippen molar-refractivity contribution in [3.05, 3.63) is 75.6 Å². The van der Waals surface area contributed by atoms with Crippen LogP contribution in [0.4, 0.5) is 13.6 Å². The Balaban J connectivity index is 1.49. The molecule has 14 heteroatoms. The molecule has 2 amide bonds. The molecule has 5 rings (SSSR count). The molecule has 0 unspecified atom stereocenters. The summed E-state index contributed by atoms with van der Waals surface area (Å²) >= 11 is 1.47. The predicted molar refractivity (Wildman–Crippen MR) is 161 cm³/mol. The number of thiazole rings is 1.